The van der Waals surface area contributed by atoms with Crippen LogP contribution in [-0.2, 0) is 9.47 Å². The number of carbonyl (C=O) groups excluding carboxylic acids is 1. The van der Waals surface area contributed by atoms with Crippen molar-refractivity contribution in [3.05, 3.63) is 65.7 Å². The summed E-state index contributed by atoms with van der Waals surface area (Å²) in [5.74, 6) is 5.91. The van der Waals surface area contributed by atoms with Gasteiger partial charge in [-0.1, -0.05) is 18.2 Å². The second-order valence-corrected chi connectivity index (χ2v) is 8.40. The summed E-state index contributed by atoms with van der Waals surface area (Å²) in [5, 5.41) is 3.51. The Hall–Kier alpha value is -2.90. The lowest BCUT2D eigenvalue weighted by molar-refractivity contribution is -0.132. The average molecular weight is 456 g/mol. The maximum absolute atomic E-state index is 13.2. The van der Waals surface area contributed by atoms with Gasteiger partial charge in [-0.05, 0) is 82.0 Å². The Balaban J connectivity index is 1.80. The van der Waals surface area contributed by atoms with Gasteiger partial charge in [0, 0.05) is 19.3 Å². The van der Waals surface area contributed by atoms with Crippen molar-refractivity contribution >= 4 is 12.1 Å². The summed E-state index contributed by atoms with van der Waals surface area (Å²) in [7, 11) is 1.64. The molecule has 2 rings (SSSR count). The lowest BCUT2D eigenvalue weighted by Gasteiger charge is -2.42. The van der Waals surface area contributed by atoms with Crippen LogP contribution in [0.5, 0.6) is 5.75 Å². The van der Waals surface area contributed by atoms with Crippen LogP contribution >= 0.6 is 0 Å². The molecule has 2 N–H and O–H groups in total. The number of hydrogen-bond donors (Lipinski definition) is 1. The molecule has 2 aromatic rings. The van der Waals surface area contributed by atoms with Gasteiger partial charge < -0.3 is 25.0 Å². The minimum absolute atomic E-state index is 0.0673. The molecule has 0 aromatic heterocycles. The third kappa shape index (κ3) is 8.51. The van der Waals surface area contributed by atoms with E-state index in [0.29, 0.717) is 25.4 Å². The average Bonchev–Trinajstić information content (AvgIpc) is 2.80. The monoisotopic (exact) mass is 455 g/mol. The van der Waals surface area contributed by atoms with Gasteiger partial charge >= 0.3 is 0 Å². The van der Waals surface area contributed by atoms with Crippen molar-refractivity contribution in [3.63, 3.8) is 0 Å². The lowest BCUT2D eigenvalue weighted by Crippen LogP contribution is -2.55. The molecule has 0 heterocycles. The van der Waals surface area contributed by atoms with E-state index in [1.54, 1.807) is 18.2 Å². The van der Waals surface area contributed by atoms with Gasteiger partial charge in [-0.3, -0.25) is 4.79 Å². The number of amides is 1. The van der Waals surface area contributed by atoms with Crippen LogP contribution in [-0.4, -0.2) is 55.7 Å². The molecule has 180 valence electrons. The smallest absolute Gasteiger partial charge is 0.256 e. The van der Waals surface area contributed by atoms with E-state index < -0.39 is 5.72 Å². The van der Waals surface area contributed by atoms with Crippen LogP contribution in [0.15, 0.2) is 59.7 Å². The number of nitrogens with two attached hydrogens (primary N) is 1. The molecule has 0 aliphatic carbocycles. The first-order valence-electron chi connectivity index (χ1n) is 11.4. The largest absolute Gasteiger partial charge is 0.494 e. The molecule has 2 aromatic carbocycles. The van der Waals surface area contributed by atoms with Gasteiger partial charge in [-0.15, -0.1) is 0 Å². The molecule has 0 aliphatic heterocycles. The highest BCUT2D eigenvalue weighted by atomic mass is 16.5. The number of methoxy groups -OCH3 is 1. The first-order valence-corrected chi connectivity index (χ1v) is 11.4. The molecule has 1 atom stereocenters. The standard InChI is InChI=1S/C26H37N3O4/c1-21(20-31-4)29(25(30)23-11-7-5-8-12-23)26(2,3)33-18-10-6-9-17-32-24-15-13-22(14-16-24)19-28-27/h5,7-8,11-16,19,21H,6,9-10,17-18,20,27H2,1-4H3/b28-19+. The summed E-state index contributed by atoms with van der Waals surface area (Å²) in [6.45, 7) is 7.46. The van der Waals surface area contributed by atoms with Crippen molar-refractivity contribution < 1.29 is 19.0 Å². The topological polar surface area (TPSA) is 86.4 Å². The number of unbranched alkanes of at least 4 members (excludes halogenated alkanes) is 2. The summed E-state index contributed by atoms with van der Waals surface area (Å²) in [6.07, 6.45) is 4.36. The van der Waals surface area contributed by atoms with E-state index in [1.165, 1.54) is 0 Å². The minimum Gasteiger partial charge on any atom is -0.494 e. The second-order valence-electron chi connectivity index (χ2n) is 8.40. The predicted molar refractivity (Wildman–Crippen MR) is 132 cm³/mol. The van der Waals surface area contributed by atoms with Gasteiger partial charge in [0.05, 0.1) is 25.5 Å². The molecule has 33 heavy (non-hydrogen) atoms. The summed E-state index contributed by atoms with van der Waals surface area (Å²) in [5.41, 5.74) is 0.803. The first-order chi connectivity index (χ1) is 15.9. The van der Waals surface area contributed by atoms with Crippen LogP contribution in [0.4, 0.5) is 0 Å². The molecule has 0 radical (unpaired) electrons. The van der Waals surface area contributed by atoms with Crippen molar-refractivity contribution in [2.75, 3.05) is 26.9 Å². The zero-order chi connectivity index (χ0) is 24.1. The minimum atomic E-state index is -0.768. The van der Waals surface area contributed by atoms with Gasteiger partial charge in [0.1, 0.15) is 11.5 Å². The SMILES string of the molecule is COCC(C)N(C(=O)c1ccccc1)C(C)(C)OCCCCCOc1ccc(/C=N/N)cc1. The lowest BCUT2D eigenvalue weighted by atomic mass is 10.1. The van der Waals surface area contributed by atoms with Gasteiger partial charge in [0.15, 0.2) is 0 Å². The third-order valence-corrected chi connectivity index (χ3v) is 5.28. The third-order valence-electron chi connectivity index (χ3n) is 5.28. The molecule has 0 bridgehead atoms. The van der Waals surface area contributed by atoms with E-state index >= 15 is 0 Å². The Morgan fingerprint density at radius 2 is 1.73 bits per heavy atom. The first kappa shape index (κ1) is 26.4. The Kier molecular flexibility index (Phi) is 10.9. The quantitative estimate of drug-likeness (QED) is 0.149. The van der Waals surface area contributed by atoms with Gasteiger partial charge in [0.2, 0.25) is 0 Å². The molecule has 0 aliphatic rings. The number of rotatable bonds is 14. The highest BCUT2D eigenvalue weighted by molar-refractivity contribution is 5.94. The maximum atomic E-state index is 13.2. The maximum Gasteiger partial charge on any atom is 0.256 e. The Morgan fingerprint density at radius 3 is 2.36 bits per heavy atom. The molecule has 7 nitrogen and oxygen atoms in total. The van der Waals surface area contributed by atoms with Crippen molar-refractivity contribution in [1.29, 1.82) is 0 Å². The number of hydrogen-bond acceptors (Lipinski definition) is 6. The van der Waals surface area contributed by atoms with Crippen LogP contribution in [0.25, 0.3) is 0 Å². The van der Waals surface area contributed by atoms with Gasteiger partial charge in [0.25, 0.3) is 5.91 Å². The summed E-state index contributed by atoms with van der Waals surface area (Å²) in [6, 6.07) is 16.8. The number of nitrogens with zero attached hydrogens (tertiary/aromatic N) is 2. The van der Waals surface area contributed by atoms with E-state index in [2.05, 4.69) is 5.10 Å². The Labute approximate surface area is 197 Å². The van der Waals surface area contributed by atoms with E-state index in [4.69, 9.17) is 20.1 Å². The van der Waals surface area contributed by atoms with Crippen molar-refractivity contribution in [2.45, 2.75) is 51.8 Å². The fourth-order valence-corrected chi connectivity index (χ4v) is 3.71. The van der Waals surface area contributed by atoms with Gasteiger partial charge in [-0.25, -0.2) is 0 Å². The van der Waals surface area contributed by atoms with Gasteiger partial charge in [-0.2, -0.15) is 5.10 Å². The van der Waals surface area contributed by atoms with Crippen LogP contribution < -0.4 is 10.6 Å². The molecule has 0 saturated heterocycles. The summed E-state index contributed by atoms with van der Waals surface area (Å²) < 4.78 is 17.3. The highest BCUT2D eigenvalue weighted by Crippen LogP contribution is 2.23. The molecule has 7 heteroatoms. The molecule has 0 spiro atoms. The van der Waals surface area contributed by atoms with Crippen LogP contribution in [0.1, 0.15) is 56.0 Å². The van der Waals surface area contributed by atoms with Crippen LogP contribution in [0.3, 0.4) is 0 Å². The van der Waals surface area contributed by atoms with Crippen LogP contribution in [0, 0.1) is 0 Å². The number of ether oxygens (including phenoxy) is 3. The van der Waals surface area contributed by atoms with Crippen molar-refractivity contribution in [1.82, 2.24) is 4.90 Å². The molecule has 1 unspecified atom stereocenters. The predicted octanol–water partition coefficient (Wildman–Crippen LogP) is 4.46. The summed E-state index contributed by atoms with van der Waals surface area (Å²) >= 11 is 0. The Morgan fingerprint density at radius 1 is 1.06 bits per heavy atom. The number of hydrazone groups is 1. The van der Waals surface area contributed by atoms with E-state index in [1.807, 2.05) is 75.4 Å². The van der Waals surface area contributed by atoms with Crippen molar-refractivity contribution in [2.24, 2.45) is 10.9 Å². The molecule has 0 fully saturated rings. The molecule has 0 saturated carbocycles. The molecular formula is C26H37N3O4. The van der Waals surface area contributed by atoms with E-state index in [9.17, 15) is 4.79 Å². The van der Waals surface area contributed by atoms with Crippen molar-refractivity contribution in [3.8, 4) is 5.75 Å². The fraction of sp³-hybridized carbons (Fsp3) is 0.462. The Bertz CT molecular complexity index is 854. The number of carbonyl (C=O) groups is 1. The highest BCUT2D eigenvalue weighted by Gasteiger charge is 2.36. The fourth-order valence-electron chi connectivity index (χ4n) is 3.71. The second kappa shape index (κ2) is 13.6. The zero-order valence-corrected chi connectivity index (χ0v) is 20.2. The normalized spacial score (nSPS) is 12.6. The number of benzene rings is 2. The molecule has 1 amide bonds. The van der Waals surface area contributed by atoms with E-state index in [-0.39, 0.29) is 11.9 Å². The summed E-state index contributed by atoms with van der Waals surface area (Å²) in [4.78, 5) is 15.0. The van der Waals surface area contributed by atoms with Crippen LogP contribution in [0.2, 0.25) is 0 Å². The molecular weight excluding hydrogens is 418 g/mol. The van der Waals surface area contributed by atoms with E-state index in [0.717, 1.165) is 30.6 Å². The zero-order valence-electron chi connectivity index (χ0n) is 20.2.